The molecule has 0 saturated carbocycles. The standard InChI is InChI=1S/C47H34N4/c1-3-7-44-40(5-1)41-6-2-4-8-45(41)50(44)38-21-17-36(18-22-38)34-13-9-32(10-14-34)29-33-11-15-35(16-12-33)37-19-23-39(24-20-37)51-46-25-27-48-30-42(46)43-31-49-28-26-47(43)51/h1-3,5-7,9-28,30-31H,4,8,29H2. The fourth-order valence-corrected chi connectivity index (χ4v) is 7.93. The van der Waals surface area contributed by atoms with Gasteiger partial charge in [-0.05, 0) is 95.1 Å². The fourth-order valence-electron chi connectivity index (χ4n) is 7.93. The fraction of sp³-hybridized carbons (Fsp3) is 0.0638. The van der Waals surface area contributed by atoms with Gasteiger partial charge >= 0.3 is 0 Å². The van der Waals surface area contributed by atoms with Crippen LogP contribution in [0.15, 0.2) is 164 Å². The SMILES string of the molecule is C1=Cc2c(n(-c3ccc(-c4ccc(Cc5ccc(-c6ccc(-n7c8ccncc8c8cnccc87)cc6)cc5)cc4)cc3)c3ccccc23)CC1. The summed E-state index contributed by atoms with van der Waals surface area (Å²) < 4.78 is 4.74. The van der Waals surface area contributed by atoms with Crippen LogP contribution < -0.4 is 0 Å². The van der Waals surface area contributed by atoms with Gasteiger partial charge in [0.15, 0.2) is 0 Å². The minimum Gasteiger partial charge on any atom is -0.313 e. The van der Waals surface area contributed by atoms with Gasteiger partial charge in [0.1, 0.15) is 0 Å². The summed E-state index contributed by atoms with van der Waals surface area (Å²) in [6.45, 7) is 0. The van der Waals surface area contributed by atoms with E-state index in [-0.39, 0.29) is 0 Å². The number of rotatable bonds is 6. The van der Waals surface area contributed by atoms with E-state index in [1.807, 2.05) is 24.8 Å². The molecule has 242 valence electrons. The third-order valence-electron chi connectivity index (χ3n) is 10.5. The first-order chi connectivity index (χ1) is 25.3. The zero-order valence-corrected chi connectivity index (χ0v) is 28.1. The van der Waals surface area contributed by atoms with Crippen LogP contribution in [-0.2, 0) is 12.8 Å². The van der Waals surface area contributed by atoms with Crippen LogP contribution >= 0.6 is 0 Å². The Bertz CT molecular complexity index is 2670. The van der Waals surface area contributed by atoms with Gasteiger partial charge in [0.2, 0.25) is 0 Å². The zero-order chi connectivity index (χ0) is 33.7. The van der Waals surface area contributed by atoms with E-state index >= 15 is 0 Å². The predicted octanol–water partition coefficient (Wildman–Crippen LogP) is 11.4. The molecule has 1 aliphatic carbocycles. The molecule has 0 N–H and O–H groups in total. The zero-order valence-electron chi connectivity index (χ0n) is 28.1. The molecule has 9 aromatic rings. The van der Waals surface area contributed by atoms with E-state index < -0.39 is 0 Å². The number of benzene rings is 5. The summed E-state index contributed by atoms with van der Waals surface area (Å²) in [5.74, 6) is 0. The third kappa shape index (κ3) is 5.07. The van der Waals surface area contributed by atoms with E-state index in [0.29, 0.717) is 0 Å². The number of aromatic nitrogens is 4. The molecule has 5 aromatic carbocycles. The van der Waals surface area contributed by atoms with Crippen molar-refractivity contribution in [2.75, 3.05) is 0 Å². The van der Waals surface area contributed by atoms with Crippen molar-refractivity contribution in [2.45, 2.75) is 19.3 Å². The van der Waals surface area contributed by atoms with E-state index in [0.717, 1.165) is 46.8 Å². The molecule has 0 bridgehead atoms. The highest BCUT2D eigenvalue weighted by Gasteiger charge is 2.18. The van der Waals surface area contributed by atoms with Crippen molar-refractivity contribution in [1.82, 2.24) is 19.1 Å². The van der Waals surface area contributed by atoms with Crippen LogP contribution in [0.25, 0.3) is 72.4 Å². The van der Waals surface area contributed by atoms with Gasteiger partial charge in [-0.15, -0.1) is 0 Å². The summed E-state index contributed by atoms with van der Waals surface area (Å²) in [6, 6.07) is 48.8. The maximum Gasteiger partial charge on any atom is 0.0572 e. The number of pyridine rings is 2. The summed E-state index contributed by atoms with van der Waals surface area (Å²) in [5.41, 5.74) is 16.2. The Morgan fingerprint density at radius 3 is 1.53 bits per heavy atom. The van der Waals surface area contributed by atoms with Crippen molar-refractivity contribution in [3.05, 3.63) is 187 Å². The normalized spacial score (nSPS) is 12.5. The van der Waals surface area contributed by atoms with Gasteiger partial charge < -0.3 is 9.13 Å². The molecule has 0 unspecified atom stereocenters. The van der Waals surface area contributed by atoms with E-state index in [9.17, 15) is 0 Å². The molecular weight excluding hydrogens is 621 g/mol. The van der Waals surface area contributed by atoms with Crippen molar-refractivity contribution >= 4 is 38.8 Å². The Balaban J connectivity index is 0.848. The first-order valence-corrected chi connectivity index (χ1v) is 17.6. The van der Waals surface area contributed by atoms with Crippen molar-refractivity contribution in [2.24, 2.45) is 0 Å². The van der Waals surface area contributed by atoms with Gasteiger partial charge in [0, 0.05) is 63.6 Å². The molecule has 0 fully saturated rings. The number of hydrogen-bond donors (Lipinski definition) is 0. The van der Waals surface area contributed by atoms with Gasteiger partial charge in [-0.2, -0.15) is 0 Å². The predicted molar refractivity (Wildman–Crippen MR) is 211 cm³/mol. The number of nitrogens with zero attached hydrogens (tertiary/aromatic N) is 4. The highest BCUT2D eigenvalue weighted by atomic mass is 15.0. The van der Waals surface area contributed by atoms with Crippen molar-refractivity contribution in [1.29, 1.82) is 0 Å². The average Bonchev–Trinajstić information content (AvgIpc) is 3.72. The summed E-state index contributed by atoms with van der Waals surface area (Å²) in [7, 11) is 0. The lowest BCUT2D eigenvalue weighted by molar-refractivity contribution is 0.888. The van der Waals surface area contributed by atoms with E-state index in [1.54, 1.807) is 0 Å². The minimum atomic E-state index is 0.899. The molecule has 4 heteroatoms. The average molecular weight is 655 g/mol. The van der Waals surface area contributed by atoms with Crippen LogP contribution in [0.5, 0.6) is 0 Å². The molecule has 4 heterocycles. The molecule has 0 amide bonds. The molecule has 1 aliphatic rings. The second-order valence-corrected chi connectivity index (χ2v) is 13.4. The monoisotopic (exact) mass is 654 g/mol. The molecule has 0 saturated heterocycles. The highest BCUT2D eigenvalue weighted by Crippen LogP contribution is 2.35. The summed E-state index contributed by atoms with van der Waals surface area (Å²) >= 11 is 0. The highest BCUT2D eigenvalue weighted by molar-refractivity contribution is 6.08. The molecule has 0 aliphatic heterocycles. The van der Waals surface area contributed by atoms with Gasteiger partial charge in [0.25, 0.3) is 0 Å². The number of fused-ring (bicyclic) bond motifs is 6. The van der Waals surface area contributed by atoms with Crippen LogP contribution in [0.3, 0.4) is 0 Å². The lowest BCUT2D eigenvalue weighted by Crippen LogP contribution is -2.02. The number of hydrogen-bond acceptors (Lipinski definition) is 2. The molecule has 51 heavy (non-hydrogen) atoms. The van der Waals surface area contributed by atoms with Crippen LogP contribution in [0.1, 0.15) is 28.8 Å². The topological polar surface area (TPSA) is 35.6 Å². The second kappa shape index (κ2) is 12.1. The Morgan fingerprint density at radius 2 is 0.961 bits per heavy atom. The molecular formula is C47H34N4. The maximum absolute atomic E-state index is 4.36. The van der Waals surface area contributed by atoms with Gasteiger partial charge in [-0.1, -0.05) is 103 Å². The number of para-hydroxylation sites is 1. The minimum absolute atomic E-state index is 0.899. The Labute approximate surface area is 296 Å². The summed E-state index contributed by atoms with van der Waals surface area (Å²) in [4.78, 5) is 8.71. The second-order valence-electron chi connectivity index (χ2n) is 13.4. The Kier molecular flexibility index (Phi) is 6.98. The van der Waals surface area contributed by atoms with Crippen molar-refractivity contribution < 1.29 is 0 Å². The summed E-state index contributed by atoms with van der Waals surface area (Å²) in [5, 5.41) is 3.56. The smallest absolute Gasteiger partial charge is 0.0572 e. The molecule has 4 nitrogen and oxygen atoms in total. The van der Waals surface area contributed by atoms with Gasteiger partial charge in [-0.3, -0.25) is 9.97 Å². The molecule has 0 radical (unpaired) electrons. The van der Waals surface area contributed by atoms with Crippen molar-refractivity contribution in [3.63, 3.8) is 0 Å². The van der Waals surface area contributed by atoms with E-state index in [1.165, 1.54) is 61.2 Å². The van der Waals surface area contributed by atoms with Crippen molar-refractivity contribution in [3.8, 4) is 33.6 Å². The lowest BCUT2D eigenvalue weighted by Gasteiger charge is -2.14. The maximum atomic E-state index is 4.36. The lowest BCUT2D eigenvalue weighted by atomic mass is 9.98. The van der Waals surface area contributed by atoms with Crippen LogP contribution in [0.2, 0.25) is 0 Å². The molecule has 0 atom stereocenters. The van der Waals surface area contributed by atoms with Crippen LogP contribution in [0, 0.1) is 0 Å². The van der Waals surface area contributed by atoms with Gasteiger partial charge in [0.05, 0.1) is 16.6 Å². The molecule has 0 spiro atoms. The van der Waals surface area contributed by atoms with Crippen LogP contribution in [0.4, 0.5) is 0 Å². The third-order valence-corrected chi connectivity index (χ3v) is 10.5. The van der Waals surface area contributed by atoms with E-state index in [4.69, 9.17) is 0 Å². The summed E-state index contributed by atoms with van der Waals surface area (Å²) in [6.07, 6.45) is 15.2. The Morgan fingerprint density at radius 1 is 0.471 bits per heavy atom. The first kappa shape index (κ1) is 29.4. The molecule has 10 rings (SSSR count). The quantitative estimate of drug-likeness (QED) is 0.179. The largest absolute Gasteiger partial charge is 0.313 e. The van der Waals surface area contributed by atoms with Gasteiger partial charge in [-0.25, -0.2) is 0 Å². The Hall–Kier alpha value is -6.52. The first-order valence-electron chi connectivity index (χ1n) is 17.6. The number of allylic oxidation sites excluding steroid dienone is 1. The van der Waals surface area contributed by atoms with Crippen LogP contribution in [-0.4, -0.2) is 19.1 Å². The molecule has 4 aromatic heterocycles. The van der Waals surface area contributed by atoms with E-state index in [2.05, 4.69) is 165 Å².